The Hall–Kier alpha value is -1.19. The van der Waals surface area contributed by atoms with E-state index < -0.39 is 0 Å². The van der Waals surface area contributed by atoms with Crippen molar-refractivity contribution in [1.82, 2.24) is 5.32 Å². The highest BCUT2D eigenvalue weighted by atomic mass is 16.7. The van der Waals surface area contributed by atoms with Crippen LogP contribution in [0.25, 0.3) is 0 Å². The number of nitrogens with one attached hydrogen (secondary N) is 1. The Bertz CT molecular complexity index is 190. The van der Waals surface area contributed by atoms with Crippen LogP contribution in [-0.2, 0) is 4.84 Å². The highest BCUT2D eigenvalue weighted by Gasteiger charge is 2.32. The van der Waals surface area contributed by atoms with Gasteiger partial charge in [0.1, 0.15) is 5.84 Å². The molecular formula is C7H13N3O. The fraction of sp³-hybridized carbons (Fsp3) is 0.571. The van der Waals surface area contributed by atoms with Crippen LogP contribution in [-0.4, -0.2) is 18.0 Å². The number of oxime groups is 1. The van der Waals surface area contributed by atoms with E-state index in [0.717, 1.165) is 0 Å². The number of nitrogens with two attached hydrogens (primary N) is 1. The van der Waals surface area contributed by atoms with Gasteiger partial charge in [-0.05, 0) is 13.1 Å². The van der Waals surface area contributed by atoms with Crippen molar-refractivity contribution < 1.29 is 4.84 Å². The van der Waals surface area contributed by atoms with E-state index >= 15 is 0 Å². The van der Waals surface area contributed by atoms with Gasteiger partial charge in [0.05, 0.1) is 13.0 Å². The first-order valence-corrected chi connectivity index (χ1v) is 3.51. The second kappa shape index (κ2) is 2.82. The van der Waals surface area contributed by atoms with Gasteiger partial charge in [0.2, 0.25) is 0 Å². The number of hydrogen-bond donors (Lipinski definition) is 2. The fourth-order valence-electron chi connectivity index (χ4n) is 0.999. The summed E-state index contributed by atoms with van der Waals surface area (Å²) in [6, 6.07) is 0. The van der Waals surface area contributed by atoms with Gasteiger partial charge in [-0.15, -0.1) is 0 Å². The number of rotatable bonds is 3. The molecule has 0 bridgehead atoms. The Kier molecular flexibility index (Phi) is 2.03. The summed E-state index contributed by atoms with van der Waals surface area (Å²) in [7, 11) is 0. The molecule has 0 saturated heterocycles. The minimum atomic E-state index is -0.293. The van der Waals surface area contributed by atoms with Crippen LogP contribution in [0.15, 0.2) is 17.9 Å². The van der Waals surface area contributed by atoms with Crippen LogP contribution in [0.1, 0.15) is 13.3 Å². The van der Waals surface area contributed by atoms with Crippen molar-refractivity contribution in [2.75, 3.05) is 6.54 Å². The zero-order chi connectivity index (χ0) is 8.32. The van der Waals surface area contributed by atoms with E-state index in [-0.39, 0.29) is 5.60 Å². The monoisotopic (exact) mass is 155 g/mol. The van der Waals surface area contributed by atoms with Crippen molar-refractivity contribution in [1.29, 1.82) is 0 Å². The molecule has 11 heavy (non-hydrogen) atoms. The topological polar surface area (TPSA) is 59.6 Å². The summed E-state index contributed by atoms with van der Waals surface area (Å²) in [6.07, 6.45) is 2.30. The molecule has 1 rings (SSSR count). The molecule has 0 aliphatic carbocycles. The minimum absolute atomic E-state index is 0.293. The normalized spacial score (nSPS) is 29.0. The van der Waals surface area contributed by atoms with Crippen LogP contribution < -0.4 is 11.1 Å². The largest absolute Gasteiger partial charge is 0.387 e. The Morgan fingerprint density at radius 2 is 2.73 bits per heavy atom. The second-order valence-electron chi connectivity index (χ2n) is 2.89. The van der Waals surface area contributed by atoms with E-state index in [0.29, 0.717) is 18.8 Å². The minimum Gasteiger partial charge on any atom is -0.387 e. The lowest BCUT2D eigenvalue weighted by molar-refractivity contribution is -0.0000206. The lowest BCUT2D eigenvalue weighted by atomic mass is 10.0. The number of hydrogen-bond acceptors (Lipinski definition) is 4. The average molecular weight is 155 g/mol. The molecule has 0 spiro atoms. The van der Waals surface area contributed by atoms with Crippen molar-refractivity contribution >= 4 is 5.84 Å². The zero-order valence-electron chi connectivity index (χ0n) is 6.63. The first-order chi connectivity index (χ1) is 5.16. The van der Waals surface area contributed by atoms with Crippen molar-refractivity contribution in [2.45, 2.75) is 18.9 Å². The van der Waals surface area contributed by atoms with E-state index in [9.17, 15) is 0 Å². The molecule has 0 saturated carbocycles. The molecule has 1 atom stereocenters. The molecule has 1 aliphatic heterocycles. The van der Waals surface area contributed by atoms with Gasteiger partial charge in [0, 0.05) is 0 Å². The molecule has 4 nitrogen and oxygen atoms in total. The standard InChI is InChI=1S/C7H13N3O/c1-3-9-5-7(2)4-6(8)10-11-7/h3,9H,1,4-5H2,2H3,(H2,8,10)/t7-/m0/s1. The van der Waals surface area contributed by atoms with Gasteiger partial charge in [0.25, 0.3) is 0 Å². The zero-order valence-corrected chi connectivity index (χ0v) is 6.63. The second-order valence-corrected chi connectivity index (χ2v) is 2.89. The van der Waals surface area contributed by atoms with Crippen LogP contribution in [0.3, 0.4) is 0 Å². The maximum absolute atomic E-state index is 5.45. The number of amidine groups is 1. The summed E-state index contributed by atoms with van der Waals surface area (Å²) in [6.45, 7) is 6.17. The van der Waals surface area contributed by atoms with E-state index in [1.165, 1.54) is 0 Å². The number of nitrogens with zero attached hydrogens (tertiary/aromatic N) is 1. The molecule has 4 heteroatoms. The third kappa shape index (κ3) is 1.86. The van der Waals surface area contributed by atoms with Crippen molar-refractivity contribution in [3.05, 3.63) is 12.8 Å². The molecule has 0 radical (unpaired) electrons. The van der Waals surface area contributed by atoms with Crippen LogP contribution in [0.5, 0.6) is 0 Å². The van der Waals surface area contributed by atoms with Gasteiger partial charge in [-0.3, -0.25) is 0 Å². The van der Waals surface area contributed by atoms with Crippen molar-refractivity contribution in [3.63, 3.8) is 0 Å². The summed E-state index contributed by atoms with van der Waals surface area (Å²) < 4.78 is 0. The lowest BCUT2D eigenvalue weighted by Gasteiger charge is -2.20. The third-order valence-electron chi connectivity index (χ3n) is 1.56. The smallest absolute Gasteiger partial charge is 0.159 e. The van der Waals surface area contributed by atoms with Crippen LogP contribution in [0, 0.1) is 0 Å². The summed E-state index contributed by atoms with van der Waals surface area (Å²) in [4.78, 5) is 5.11. The van der Waals surface area contributed by atoms with Gasteiger partial charge in [-0.25, -0.2) is 0 Å². The highest BCUT2D eigenvalue weighted by molar-refractivity contribution is 5.81. The Labute approximate surface area is 66.1 Å². The maximum Gasteiger partial charge on any atom is 0.159 e. The maximum atomic E-state index is 5.45. The third-order valence-corrected chi connectivity index (χ3v) is 1.56. The molecule has 0 unspecified atom stereocenters. The predicted molar refractivity (Wildman–Crippen MR) is 43.9 cm³/mol. The van der Waals surface area contributed by atoms with Gasteiger partial charge in [0.15, 0.2) is 5.60 Å². The van der Waals surface area contributed by atoms with E-state index in [2.05, 4.69) is 17.1 Å². The van der Waals surface area contributed by atoms with E-state index in [4.69, 9.17) is 10.6 Å². The van der Waals surface area contributed by atoms with Crippen LogP contribution in [0.4, 0.5) is 0 Å². The Morgan fingerprint density at radius 3 is 3.18 bits per heavy atom. The molecule has 3 N–H and O–H groups in total. The lowest BCUT2D eigenvalue weighted by Crippen LogP contribution is -2.36. The Balaban J connectivity index is 2.39. The van der Waals surface area contributed by atoms with Crippen LogP contribution in [0.2, 0.25) is 0 Å². The summed E-state index contributed by atoms with van der Waals surface area (Å²) in [5.41, 5.74) is 5.16. The molecule has 0 amide bonds. The molecule has 62 valence electrons. The average Bonchev–Trinajstić information content (AvgIpc) is 2.28. The van der Waals surface area contributed by atoms with Crippen molar-refractivity contribution in [2.24, 2.45) is 10.9 Å². The molecule has 0 aromatic carbocycles. The molecule has 0 aromatic heterocycles. The van der Waals surface area contributed by atoms with Gasteiger partial charge in [-0.2, -0.15) is 0 Å². The van der Waals surface area contributed by atoms with E-state index in [1.54, 1.807) is 6.20 Å². The first kappa shape index (κ1) is 7.91. The predicted octanol–water partition coefficient (Wildman–Crippen LogP) is 0.171. The molecule has 0 aromatic rings. The molecule has 1 heterocycles. The van der Waals surface area contributed by atoms with E-state index in [1.807, 2.05) is 6.92 Å². The highest BCUT2D eigenvalue weighted by Crippen LogP contribution is 2.20. The summed E-state index contributed by atoms with van der Waals surface area (Å²) in [5, 5.41) is 6.62. The summed E-state index contributed by atoms with van der Waals surface area (Å²) in [5.74, 6) is 0.554. The molecular weight excluding hydrogens is 142 g/mol. The molecule has 1 aliphatic rings. The fourth-order valence-corrected chi connectivity index (χ4v) is 0.999. The quantitative estimate of drug-likeness (QED) is 0.610. The van der Waals surface area contributed by atoms with Gasteiger partial charge >= 0.3 is 0 Å². The Morgan fingerprint density at radius 1 is 2.00 bits per heavy atom. The van der Waals surface area contributed by atoms with Gasteiger partial charge < -0.3 is 15.9 Å². The summed E-state index contributed by atoms with van der Waals surface area (Å²) >= 11 is 0. The van der Waals surface area contributed by atoms with Crippen molar-refractivity contribution in [3.8, 4) is 0 Å². The van der Waals surface area contributed by atoms with Crippen LogP contribution >= 0.6 is 0 Å². The first-order valence-electron chi connectivity index (χ1n) is 3.51. The molecule has 0 fully saturated rings. The van der Waals surface area contributed by atoms with Gasteiger partial charge in [-0.1, -0.05) is 11.7 Å². The SMILES string of the molecule is C=CNC[C@]1(C)CC(N)=NO1.